The summed E-state index contributed by atoms with van der Waals surface area (Å²) in [6, 6.07) is 4.09. The summed E-state index contributed by atoms with van der Waals surface area (Å²) in [5.41, 5.74) is 0.183. The second-order valence-corrected chi connectivity index (χ2v) is 8.46. The maximum absolute atomic E-state index is 13.4. The van der Waals surface area contributed by atoms with E-state index in [2.05, 4.69) is 10.1 Å². The third-order valence-electron chi connectivity index (χ3n) is 5.97. The van der Waals surface area contributed by atoms with E-state index in [0.717, 1.165) is 32.1 Å². The lowest BCUT2D eigenvalue weighted by Crippen LogP contribution is -2.51. The van der Waals surface area contributed by atoms with Crippen LogP contribution < -0.4 is 0 Å². The van der Waals surface area contributed by atoms with Crippen LogP contribution in [0.4, 0.5) is 4.39 Å². The van der Waals surface area contributed by atoms with Crippen molar-refractivity contribution in [1.82, 2.24) is 15.0 Å². The van der Waals surface area contributed by atoms with Crippen LogP contribution in [-0.4, -0.2) is 53.4 Å². The molecule has 2 fully saturated rings. The van der Waals surface area contributed by atoms with E-state index in [1.807, 2.05) is 0 Å². The molecule has 2 aromatic rings. The smallest absolute Gasteiger partial charge is 0.253 e. The van der Waals surface area contributed by atoms with Gasteiger partial charge >= 0.3 is 0 Å². The van der Waals surface area contributed by atoms with Gasteiger partial charge < -0.3 is 18.9 Å². The Kier molecular flexibility index (Phi) is 6.36. The fourth-order valence-corrected chi connectivity index (χ4v) is 4.57. The van der Waals surface area contributed by atoms with Gasteiger partial charge in [-0.05, 0) is 49.8 Å². The molecule has 1 amide bonds. The molecule has 7 nitrogen and oxygen atoms in total. The van der Waals surface area contributed by atoms with Crippen molar-refractivity contribution in [2.45, 2.75) is 44.3 Å². The predicted octanol–water partition coefficient (Wildman–Crippen LogP) is 3.65. The number of hydrogen-bond acceptors (Lipinski definition) is 6. The Morgan fingerprint density at radius 1 is 1.40 bits per heavy atom. The van der Waals surface area contributed by atoms with Crippen molar-refractivity contribution in [3.8, 4) is 0 Å². The number of rotatable bonds is 5. The molecular formula is C21H25ClFN3O4. The standard InChI is InChI=1S/C21H25ClFN3O4/c1-28-13-19-24-18(25-30-19)10-14-4-9-29-21(12-14)5-7-26(8-6-21)20(27)15-2-3-17(23)16(22)11-15/h2-3,11,14H,4-10,12-13H2,1H3. The van der Waals surface area contributed by atoms with E-state index in [4.69, 9.17) is 25.6 Å². The second kappa shape index (κ2) is 8.99. The number of benzene rings is 1. The van der Waals surface area contributed by atoms with Crippen LogP contribution in [0.25, 0.3) is 0 Å². The van der Waals surface area contributed by atoms with Gasteiger partial charge in [-0.2, -0.15) is 4.98 Å². The second-order valence-electron chi connectivity index (χ2n) is 8.05. The molecule has 162 valence electrons. The van der Waals surface area contributed by atoms with Gasteiger partial charge in [0.25, 0.3) is 11.8 Å². The number of carbonyl (C=O) groups is 1. The van der Waals surface area contributed by atoms with Crippen molar-refractivity contribution in [2.75, 3.05) is 26.8 Å². The minimum Gasteiger partial charge on any atom is -0.375 e. The summed E-state index contributed by atoms with van der Waals surface area (Å²) >= 11 is 5.83. The Balaban J connectivity index is 1.34. The average Bonchev–Trinajstić information content (AvgIpc) is 3.17. The van der Waals surface area contributed by atoms with E-state index in [0.29, 0.717) is 49.5 Å². The van der Waals surface area contributed by atoms with Crippen LogP contribution in [0.5, 0.6) is 0 Å². The lowest BCUT2D eigenvalue weighted by molar-refractivity contribution is -0.123. The number of aromatic nitrogens is 2. The number of amides is 1. The third kappa shape index (κ3) is 4.66. The van der Waals surface area contributed by atoms with Gasteiger partial charge in [0.2, 0.25) is 0 Å². The molecule has 0 bridgehead atoms. The molecule has 0 N–H and O–H groups in total. The maximum atomic E-state index is 13.4. The minimum atomic E-state index is -0.525. The van der Waals surface area contributed by atoms with E-state index in [9.17, 15) is 9.18 Å². The first-order valence-electron chi connectivity index (χ1n) is 10.2. The summed E-state index contributed by atoms with van der Waals surface area (Å²) in [6.45, 7) is 2.20. The molecule has 0 radical (unpaired) electrons. The van der Waals surface area contributed by atoms with E-state index in [-0.39, 0.29) is 16.5 Å². The molecule has 1 unspecified atom stereocenters. The van der Waals surface area contributed by atoms with Crippen molar-refractivity contribution in [3.63, 3.8) is 0 Å². The van der Waals surface area contributed by atoms with E-state index < -0.39 is 5.82 Å². The van der Waals surface area contributed by atoms with Crippen molar-refractivity contribution in [3.05, 3.63) is 46.3 Å². The molecule has 3 heterocycles. The Bertz CT molecular complexity index is 898. The highest BCUT2D eigenvalue weighted by Gasteiger charge is 2.41. The Morgan fingerprint density at radius 3 is 2.93 bits per heavy atom. The van der Waals surface area contributed by atoms with Crippen molar-refractivity contribution < 1.29 is 23.2 Å². The van der Waals surface area contributed by atoms with Crippen LogP contribution >= 0.6 is 11.6 Å². The lowest BCUT2D eigenvalue weighted by Gasteiger charge is -2.46. The number of carbonyl (C=O) groups excluding carboxylic acids is 1. The molecule has 1 atom stereocenters. The van der Waals surface area contributed by atoms with Crippen LogP contribution in [0.1, 0.15) is 47.8 Å². The first kappa shape index (κ1) is 21.2. The van der Waals surface area contributed by atoms with Gasteiger partial charge in [-0.3, -0.25) is 4.79 Å². The zero-order chi connectivity index (χ0) is 21.1. The molecule has 1 spiro atoms. The highest BCUT2D eigenvalue weighted by Crippen LogP contribution is 2.39. The van der Waals surface area contributed by atoms with Gasteiger partial charge in [0.15, 0.2) is 5.82 Å². The SMILES string of the molecule is COCc1nc(CC2CCOC3(CCN(C(=O)c4ccc(F)c(Cl)c4)CC3)C2)no1. The molecule has 2 aliphatic rings. The molecule has 2 aliphatic heterocycles. The number of hydrogen-bond donors (Lipinski definition) is 0. The molecule has 2 saturated heterocycles. The largest absolute Gasteiger partial charge is 0.375 e. The van der Waals surface area contributed by atoms with Gasteiger partial charge in [0.05, 0.1) is 10.6 Å². The topological polar surface area (TPSA) is 77.7 Å². The summed E-state index contributed by atoms with van der Waals surface area (Å²) in [5.74, 6) is 0.941. The van der Waals surface area contributed by atoms with E-state index in [1.54, 1.807) is 12.0 Å². The minimum absolute atomic E-state index is 0.0390. The van der Waals surface area contributed by atoms with E-state index >= 15 is 0 Å². The quantitative estimate of drug-likeness (QED) is 0.710. The number of likely N-dealkylation sites (tertiary alicyclic amines) is 1. The van der Waals surface area contributed by atoms with Gasteiger partial charge in [0, 0.05) is 38.8 Å². The third-order valence-corrected chi connectivity index (χ3v) is 6.26. The number of halogens is 2. The normalized spacial score (nSPS) is 21.2. The number of ether oxygens (including phenoxy) is 2. The number of piperidine rings is 1. The molecule has 1 aromatic heterocycles. The van der Waals surface area contributed by atoms with Gasteiger partial charge in [-0.1, -0.05) is 16.8 Å². The maximum Gasteiger partial charge on any atom is 0.253 e. The van der Waals surface area contributed by atoms with Crippen molar-refractivity contribution in [2.24, 2.45) is 5.92 Å². The fourth-order valence-electron chi connectivity index (χ4n) is 4.39. The average molecular weight is 438 g/mol. The molecule has 9 heteroatoms. The van der Waals surface area contributed by atoms with Crippen molar-refractivity contribution in [1.29, 1.82) is 0 Å². The first-order chi connectivity index (χ1) is 14.5. The molecular weight excluding hydrogens is 413 g/mol. The monoisotopic (exact) mass is 437 g/mol. The summed E-state index contributed by atoms with van der Waals surface area (Å²) in [7, 11) is 1.59. The van der Waals surface area contributed by atoms with Crippen LogP contribution in [0.15, 0.2) is 22.7 Å². The van der Waals surface area contributed by atoms with Crippen LogP contribution in [0, 0.1) is 11.7 Å². The summed E-state index contributed by atoms with van der Waals surface area (Å²) in [4.78, 5) is 18.9. The highest BCUT2D eigenvalue weighted by atomic mass is 35.5. The van der Waals surface area contributed by atoms with E-state index in [1.165, 1.54) is 18.2 Å². The summed E-state index contributed by atoms with van der Waals surface area (Å²) in [5, 5.41) is 4.01. The molecule has 1 aromatic carbocycles. The van der Waals surface area contributed by atoms with Gasteiger partial charge in [-0.25, -0.2) is 4.39 Å². The van der Waals surface area contributed by atoms with Crippen LogP contribution in [0.2, 0.25) is 5.02 Å². The van der Waals surface area contributed by atoms with Gasteiger partial charge in [0.1, 0.15) is 12.4 Å². The first-order valence-corrected chi connectivity index (χ1v) is 10.5. The number of nitrogens with zero attached hydrogens (tertiary/aromatic N) is 3. The molecule has 4 rings (SSSR count). The molecule has 0 saturated carbocycles. The van der Waals surface area contributed by atoms with Crippen molar-refractivity contribution >= 4 is 17.5 Å². The van der Waals surface area contributed by atoms with Gasteiger partial charge in [-0.15, -0.1) is 0 Å². The predicted molar refractivity (Wildman–Crippen MR) is 107 cm³/mol. The zero-order valence-corrected chi connectivity index (χ0v) is 17.7. The lowest BCUT2D eigenvalue weighted by atomic mass is 9.78. The van der Waals surface area contributed by atoms with Crippen LogP contribution in [-0.2, 0) is 22.5 Å². The summed E-state index contributed by atoms with van der Waals surface area (Å²) < 4.78 is 29.8. The Labute approximate surface area is 179 Å². The molecule has 30 heavy (non-hydrogen) atoms. The molecule has 0 aliphatic carbocycles. The number of methoxy groups -OCH3 is 1. The fraction of sp³-hybridized carbons (Fsp3) is 0.571. The van der Waals surface area contributed by atoms with Crippen LogP contribution in [0.3, 0.4) is 0 Å². The highest BCUT2D eigenvalue weighted by molar-refractivity contribution is 6.31. The summed E-state index contributed by atoms with van der Waals surface area (Å²) in [6.07, 6.45) is 4.14. The Hall–Kier alpha value is -2.03. The zero-order valence-electron chi connectivity index (χ0n) is 16.9. The Morgan fingerprint density at radius 2 is 2.20 bits per heavy atom.